The molecule has 28 heavy (non-hydrogen) atoms. The van der Waals surface area contributed by atoms with Crippen LogP contribution < -0.4 is 5.32 Å². The highest BCUT2D eigenvalue weighted by molar-refractivity contribution is 7.13. The molecule has 0 bridgehead atoms. The van der Waals surface area contributed by atoms with Gasteiger partial charge >= 0.3 is 0 Å². The smallest absolute Gasteiger partial charge is 0.226 e. The zero-order valence-corrected chi connectivity index (χ0v) is 17.8. The highest BCUT2D eigenvalue weighted by Crippen LogP contribution is 2.37. The standard InChI is InChI=1S/C23H30N2O2S/c1-4-21(26)25-12-10-23(11-13-25,22(27)24-17(2)3)16-18-7-5-8-19(15-18)20-9-6-14-28-20/h5-9,14-15,17H,4,10-13,16H2,1-3H3,(H,24,27). The minimum absolute atomic E-state index is 0.108. The molecule has 0 spiro atoms. The van der Waals surface area contributed by atoms with E-state index >= 15 is 0 Å². The van der Waals surface area contributed by atoms with Gasteiger partial charge in [-0.25, -0.2) is 0 Å². The van der Waals surface area contributed by atoms with Crippen molar-refractivity contribution in [3.63, 3.8) is 0 Å². The number of carbonyl (C=O) groups is 2. The first kappa shape index (κ1) is 20.6. The van der Waals surface area contributed by atoms with Gasteiger partial charge in [-0.3, -0.25) is 9.59 Å². The van der Waals surface area contributed by atoms with E-state index < -0.39 is 5.41 Å². The molecular weight excluding hydrogens is 368 g/mol. The van der Waals surface area contributed by atoms with Gasteiger partial charge in [0.25, 0.3) is 0 Å². The van der Waals surface area contributed by atoms with Crippen molar-refractivity contribution in [1.29, 1.82) is 0 Å². The summed E-state index contributed by atoms with van der Waals surface area (Å²) < 4.78 is 0. The van der Waals surface area contributed by atoms with Crippen molar-refractivity contribution in [3.05, 3.63) is 47.3 Å². The monoisotopic (exact) mass is 398 g/mol. The van der Waals surface area contributed by atoms with Crippen LogP contribution in [-0.4, -0.2) is 35.8 Å². The van der Waals surface area contributed by atoms with Gasteiger partial charge in [0.1, 0.15) is 0 Å². The molecule has 1 aliphatic rings. The van der Waals surface area contributed by atoms with Crippen molar-refractivity contribution in [2.45, 2.75) is 52.5 Å². The molecule has 2 aromatic rings. The molecule has 0 saturated carbocycles. The third-order valence-corrected chi connectivity index (χ3v) is 6.47. The average molecular weight is 399 g/mol. The molecule has 1 fully saturated rings. The van der Waals surface area contributed by atoms with Crippen LogP contribution in [0, 0.1) is 5.41 Å². The molecule has 1 aliphatic heterocycles. The second kappa shape index (κ2) is 8.91. The molecule has 0 atom stereocenters. The second-order valence-corrected chi connectivity index (χ2v) is 8.94. The highest BCUT2D eigenvalue weighted by atomic mass is 32.1. The Kier molecular flexibility index (Phi) is 6.55. The number of nitrogens with one attached hydrogen (secondary N) is 1. The lowest BCUT2D eigenvalue weighted by Crippen LogP contribution is -2.52. The Balaban J connectivity index is 1.83. The lowest BCUT2D eigenvalue weighted by molar-refractivity contribution is -0.140. The molecule has 2 heterocycles. The summed E-state index contributed by atoms with van der Waals surface area (Å²) in [7, 11) is 0. The largest absolute Gasteiger partial charge is 0.353 e. The Morgan fingerprint density at radius 1 is 1.18 bits per heavy atom. The summed E-state index contributed by atoms with van der Waals surface area (Å²) in [4.78, 5) is 28.4. The summed E-state index contributed by atoms with van der Waals surface area (Å²) in [5, 5.41) is 5.22. The molecule has 3 rings (SSSR count). The van der Waals surface area contributed by atoms with Crippen LogP contribution in [0.25, 0.3) is 10.4 Å². The highest BCUT2D eigenvalue weighted by Gasteiger charge is 2.42. The van der Waals surface area contributed by atoms with E-state index in [-0.39, 0.29) is 17.9 Å². The van der Waals surface area contributed by atoms with Gasteiger partial charge in [0.05, 0.1) is 5.41 Å². The number of thiophene rings is 1. The Morgan fingerprint density at radius 3 is 2.54 bits per heavy atom. The number of carbonyl (C=O) groups excluding carboxylic acids is 2. The molecular formula is C23H30N2O2S. The summed E-state index contributed by atoms with van der Waals surface area (Å²) >= 11 is 1.73. The number of amides is 2. The molecule has 1 saturated heterocycles. The van der Waals surface area contributed by atoms with Crippen molar-refractivity contribution >= 4 is 23.2 Å². The van der Waals surface area contributed by atoms with E-state index in [2.05, 4.69) is 47.1 Å². The number of hydrogen-bond acceptors (Lipinski definition) is 3. The van der Waals surface area contributed by atoms with Gasteiger partial charge in [-0.05, 0) is 55.7 Å². The van der Waals surface area contributed by atoms with E-state index in [9.17, 15) is 9.59 Å². The second-order valence-electron chi connectivity index (χ2n) is 8.00. The minimum Gasteiger partial charge on any atom is -0.353 e. The van der Waals surface area contributed by atoms with E-state index in [1.165, 1.54) is 16.0 Å². The number of piperidine rings is 1. The lowest BCUT2D eigenvalue weighted by atomic mass is 9.72. The lowest BCUT2D eigenvalue weighted by Gasteiger charge is -2.41. The molecule has 1 aromatic heterocycles. The third-order valence-electron chi connectivity index (χ3n) is 5.55. The van der Waals surface area contributed by atoms with E-state index in [0.717, 1.165) is 0 Å². The maximum atomic E-state index is 13.2. The van der Waals surface area contributed by atoms with Gasteiger partial charge in [-0.15, -0.1) is 11.3 Å². The normalized spacial score (nSPS) is 16.2. The van der Waals surface area contributed by atoms with Crippen LogP contribution in [0.1, 0.15) is 45.6 Å². The number of likely N-dealkylation sites (tertiary alicyclic amines) is 1. The third kappa shape index (κ3) is 4.64. The first-order chi connectivity index (χ1) is 13.4. The SMILES string of the molecule is CCC(=O)N1CCC(Cc2cccc(-c3cccs3)c2)(C(=O)NC(C)C)CC1. The predicted molar refractivity (Wildman–Crippen MR) is 115 cm³/mol. The van der Waals surface area contributed by atoms with E-state index in [1.54, 1.807) is 11.3 Å². The van der Waals surface area contributed by atoms with Gasteiger partial charge in [0, 0.05) is 30.4 Å². The fourth-order valence-electron chi connectivity index (χ4n) is 3.98. The summed E-state index contributed by atoms with van der Waals surface area (Å²) in [6.45, 7) is 7.20. The molecule has 150 valence electrons. The number of rotatable bonds is 6. The van der Waals surface area contributed by atoms with Crippen LogP contribution >= 0.6 is 11.3 Å². The Morgan fingerprint density at radius 2 is 1.93 bits per heavy atom. The molecule has 0 radical (unpaired) electrons. The average Bonchev–Trinajstić information content (AvgIpc) is 3.22. The van der Waals surface area contributed by atoms with Crippen molar-refractivity contribution in [3.8, 4) is 10.4 Å². The molecule has 0 unspecified atom stereocenters. The van der Waals surface area contributed by atoms with E-state index in [0.29, 0.717) is 38.8 Å². The maximum absolute atomic E-state index is 13.2. The minimum atomic E-state index is -0.455. The molecule has 1 aromatic carbocycles. The zero-order chi connectivity index (χ0) is 20.1. The van der Waals surface area contributed by atoms with Crippen LogP contribution in [-0.2, 0) is 16.0 Å². The summed E-state index contributed by atoms with van der Waals surface area (Å²) in [6.07, 6.45) is 2.65. The summed E-state index contributed by atoms with van der Waals surface area (Å²) in [5.41, 5.74) is 1.92. The first-order valence-corrected chi connectivity index (χ1v) is 11.0. The van der Waals surface area contributed by atoms with Crippen molar-refractivity contribution in [1.82, 2.24) is 10.2 Å². The zero-order valence-electron chi connectivity index (χ0n) is 17.0. The van der Waals surface area contributed by atoms with Gasteiger partial charge in [-0.2, -0.15) is 0 Å². The van der Waals surface area contributed by atoms with Crippen LogP contribution in [0.5, 0.6) is 0 Å². The molecule has 0 aliphatic carbocycles. The number of benzene rings is 1. The van der Waals surface area contributed by atoms with Crippen molar-refractivity contribution in [2.75, 3.05) is 13.1 Å². The number of nitrogens with zero attached hydrogens (tertiary/aromatic N) is 1. The predicted octanol–water partition coefficient (Wildman–Crippen LogP) is 4.50. The van der Waals surface area contributed by atoms with E-state index in [4.69, 9.17) is 0 Å². The molecule has 5 heteroatoms. The van der Waals surface area contributed by atoms with Crippen molar-refractivity contribution < 1.29 is 9.59 Å². The maximum Gasteiger partial charge on any atom is 0.226 e. The fourth-order valence-corrected chi connectivity index (χ4v) is 4.70. The van der Waals surface area contributed by atoms with Gasteiger partial charge in [-0.1, -0.05) is 37.3 Å². The Hall–Kier alpha value is -2.14. The van der Waals surface area contributed by atoms with Crippen molar-refractivity contribution in [2.24, 2.45) is 5.41 Å². The van der Waals surface area contributed by atoms with Crippen LogP contribution in [0.3, 0.4) is 0 Å². The quantitative estimate of drug-likeness (QED) is 0.779. The molecule has 1 N–H and O–H groups in total. The Bertz CT molecular complexity index is 806. The van der Waals surface area contributed by atoms with Crippen LogP contribution in [0.15, 0.2) is 41.8 Å². The summed E-state index contributed by atoms with van der Waals surface area (Å²) in [6, 6.07) is 12.8. The fraction of sp³-hybridized carbons (Fsp3) is 0.478. The summed E-state index contributed by atoms with van der Waals surface area (Å²) in [5.74, 6) is 0.296. The number of hydrogen-bond donors (Lipinski definition) is 1. The van der Waals surface area contributed by atoms with Gasteiger partial charge < -0.3 is 10.2 Å². The van der Waals surface area contributed by atoms with Gasteiger partial charge in [0.2, 0.25) is 11.8 Å². The van der Waals surface area contributed by atoms with Gasteiger partial charge in [0.15, 0.2) is 0 Å². The van der Waals surface area contributed by atoms with E-state index in [1.807, 2.05) is 25.7 Å². The van der Waals surface area contributed by atoms with Crippen LogP contribution in [0.2, 0.25) is 0 Å². The van der Waals surface area contributed by atoms with Crippen LogP contribution in [0.4, 0.5) is 0 Å². The molecule has 2 amide bonds. The molecule has 4 nitrogen and oxygen atoms in total. The Labute approximate surface area is 172 Å². The topological polar surface area (TPSA) is 49.4 Å². The first-order valence-electron chi connectivity index (χ1n) is 10.1.